The average molecular weight is 485 g/mol. The van der Waals surface area contributed by atoms with Crippen molar-refractivity contribution in [3.63, 3.8) is 0 Å². The molecule has 0 fully saturated rings. The third-order valence-corrected chi connectivity index (χ3v) is 6.32. The monoisotopic (exact) mass is 484 g/mol. The van der Waals surface area contributed by atoms with Crippen molar-refractivity contribution in [2.75, 3.05) is 6.61 Å². The smallest absolute Gasteiger partial charge is 0.262 e. The summed E-state index contributed by atoms with van der Waals surface area (Å²) in [6, 6.07) is 14.8. The Labute approximate surface area is 200 Å². The summed E-state index contributed by atoms with van der Waals surface area (Å²) in [5.74, 6) is 0.668. The number of fused-ring (bicyclic) bond motifs is 1. The number of tetrazole rings is 1. The van der Waals surface area contributed by atoms with E-state index in [1.807, 2.05) is 51.1 Å². The first-order valence-electron chi connectivity index (χ1n) is 10.8. The number of halogens is 1. The van der Waals surface area contributed by atoms with Crippen LogP contribution >= 0.6 is 23.4 Å². The molecule has 2 heterocycles. The van der Waals surface area contributed by atoms with Gasteiger partial charge in [0.05, 0.1) is 27.9 Å². The molecule has 4 aromatic rings. The number of hydrogen-bond donors (Lipinski definition) is 0. The summed E-state index contributed by atoms with van der Waals surface area (Å²) >= 11 is 7.61. The van der Waals surface area contributed by atoms with Gasteiger partial charge in [-0.25, -0.2) is 4.98 Å². The van der Waals surface area contributed by atoms with Crippen molar-refractivity contribution >= 4 is 34.3 Å². The number of hydrogen-bond acceptors (Lipinski definition) is 7. The second-order valence-corrected chi connectivity index (χ2v) is 9.57. The highest BCUT2D eigenvalue weighted by Gasteiger charge is 2.21. The van der Waals surface area contributed by atoms with E-state index in [-0.39, 0.29) is 16.9 Å². The van der Waals surface area contributed by atoms with E-state index in [1.165, 1.54) is 11.8 Å². The van der Waals surface area contributed by atoms with Crippen LogP contribution in [-0.4, -0.2) is 42.5 Å². The van der Waals surface area contributed by atoms with Crippen LogP contribution in [0.4, 0.5) is 0 Å². The Bertz CT molecular complexity index is 1290. The molecule has 172 valence electrons. The molecular formula is C23H25ClN6O2S. The van der Waals surface area contributed by atoms with Gasteiger partial charge in [0.15, 0.2) is 11.0 Å². The summed E-state index contributed by atoms with van der Waals surface area (Å²) in [6.45, 7) is 7.04. The van der Waals surface area contributed by atoms with E-state index in [0.717, 1.165) is 5.69 Å². The Morgan fingerprint density at radius 1 is 1.12 bits per heavy atom. The van der Waals surface area contributed by atoms with Crippen molar-refractivity contribution in [1.29, 1.82) is 0 Å². The van der Waals surface area contributed by atoms with Gasteiger partial charge in [0.25, 0.3) is 5.56 Å². The first-order chi connectivity index (χ1) is 15.9. The largest absolute Gasteiger partial charge is 0.379 e. The van der Waals surface area contributed by atoms with Crippen LogP contribution in [0.1, 0.15) is 38.3 Å². The van der Waals surface area contributed by atoms with Crippen LogP contribution in [0.15, 0.2) is 58.5 Å². The van der Waals surface area contributed by atoms with Crippen LogP contribution in [-0.2, 0) is 11.3 Å². The topological polar surface area (TPSA) is 87.7 Å². The van der Waals surface area contributed by atoms with Crippen LogP contribution in [0.25, 0.3) is 16.6 Å². The zero-order valence-corrected chi connectivity index (χ0v) is 20.3. The van der Waals surface area contributed by atoms with Crippen molar-refractivity contribution in [3.05, 3.63) is 69.7 Å². The summed E-state index contributed by atoms with van der Waals surface area (Å²) in [6.07, 6.45) is 0.840. The number of rotatable bonds is 9. The molecule has 0 saturated heterocycles. The van der Waals surface area contributed by atoms with Gasteiger partial charge in [-0.05, 0) is 68.0 Å². The highest BCUT2D eigenvalue weighted by Crippen LogP contribution is 2.33. The molecule has 0 aliphatic rings. The zero-order valence-electron chi connectivity index (χ0n) is 18.7. The minimum Gasteiger partial charge on any atom is -0.379 e. The molecule has 0 bridgehead atoms. The van der Waals surface area contributed by atoms with Crippen LogP contribution < -0.4 is 5.56 Å². The Morgan fingerprint density at radius 3 is 2.67 bits per heavy atom. The van der Waals surface area contributed by atoms with Crippen molar-refractivity contribution in [2.24, 2.45) is 0 Å². The predicted octanol–water partition coefficient (Wildman–Crippen LogP) is 4.69. The van der Waals surface area contributed by atoms with Crippen molar-refractivity contribution in [1.82, 2.24) is 29.8 Å². The molecule has 8 nitrogen and oxygen atoms in total. The summed E-state index contributed by atoms with van der Waals surface area (Å²) in [5.41, 5.74) is 1.34. The summed E-state index contributed by atoms with van der Waals surface area (Å²) in [4.78, 5) is 18.1. The zero-order chi connectivity index (χ0) is 23.4. The molecule has 2 aromatic heterocycles. The van der Waals surface area contributed by atoms with Crippen LogP contribution in [0.2, 0.25) is 5.02 Å². The second-order valence-electron chi connectivity index (χ2n) is 7.83. The van der Waals surface area contributed by atoms with Crippen LogP contribution in [0.3, 0.4) is 0 Å². The number of nitrogens with zero attached hydrogens (tertiary/aromatic N) is 6. The highest BCUT2D eigenvalue weighted by molar-refractivity contribution is 7.99. The van der Waals surface area contributed by atoms with Gasteiger partial charge in [-0.2, -0.15) is 4.68 Å². The minimum absolute atomic E-state index is 0.0986. The first-order valence-corrected chi connectivity index (χ1v) is 12.0. The third kappa shape index (κ3) is 5.43. The number of thioether (sulfide) groups is 1. The molecule has 0 amide bonds. The maximum Gasteiger partial charge on any atom is 0.262 e. The molecule has 0 radical (unpaired) electrons. The molecule has 1 unspecified atom stereocenters. The molecule has 10 heteroatoms. The van der Waals surface area contributed by atoms with E-state index in [4.69, 9.17) is 21.3 Å². The van der Waals surface area contributed by atoms with Gasteiger partial charge in [0.1, 0.15) is 0 Å². The lowest BCUT2D eigenvalue weighted by Crippen LogP contribution is -2.24. The van der Waals surface area contributed by atoms with Crippen molar-refractivity contribution in [3.8, 4) is 5.69 Å². The molecule has 33 heavy (non-hydrogen) atoms. The minimum atomic E-state index is -0.165. The Kier molecular flexibility index (Phi) is 7.42. The standard InChI is InChI=1S/C23H25ClN6O2S/c1-15(2)32-13-7-12-29-22(31)19-11-10-17(24)14-20(19)25-23(29)33-16(3)21-26-27-28-30(21)18-8-5-4-6-9-18/h4-6,8-11,14-16H,7,12-13H2,1-3H3. The normalized spacial score (nSPS) is 12.5. The maximum absolute atomic E-state index is 13.3. The summed E-state index contributed by atoms with van der Waals surface area (Å²) in [5, 5.41) is 13.8. The van der Waals surface area contributed by atoms with E-state index in [2.05, 4.69) is 15.5 Å². The van der Waals surface area contributed by atoms with Gasteiger partial charge in [0.2, 0.25) is 0 Å². The van der Waals surface area contributed by atoms with E-state index in [0.29, 0.717) is 46.5 Å². The molecular weight excluding hydrogens is 460 g/mol. The lowest BCUT2D eigenvalue weighted by Gasteiger charge is -2.16. The number of para-hydroxylation sites is 1. The molecule has 0 aliphatic heterocycles. The fourth-order valence-corrected chi connectivity index (χ4v) is 4.60. The Balaban J connectivity index is 1.68. The van der Waals surface area contributed by atoms with E-state index in [9.17, 15) is 4.79 Å². The maximum atomic E-state index is 13.3. The molecule has 1 atom stereocenters. The van der Waals surface area contributed by atoms with E-state index in [1.54, 1.807) is 27.4 Å². The third-order valence-electron chi connectivity index (χ3n) is 5.00. The van der Waals surface area contributed by atoms with E-state index < -0.39 is 0 Å². The Hall–Kier alpha value is -2.75. The quantitative estimate of drug-likeness (QED) is 0.193. The molecule has 0 N–H and O–H groups in total. The fraction of sp³-hybridized carbons (Fsp3) is 0.348. The lowest BCUT2D eigenvalue weighted by atomic mass is 10.2. The molecule has 4 rings (SSSR count). The summed E-state index contributed by atoms with van der Waals surface area (Å²) < 4.78 is 9.07. The van der Waals surface area contributed by atoms with Crippen molar-refractivity contribution in [2.45, 2.75) is 50.2 Å². The summed E-state index contributed by atoms with van der Waals surface area (Å²) in [7, 11) is 0. The van der Waals surface area contributed by atoms with Gasteiger partial charge in [-0.1, -0.05) is 41.6 Å². The lowest BCUT2D eigenvalue weighted by molar-refractivity contribution is 0.0743. The Morgan fingerprint density at radius 2 is 1.91 bits per heavy atom. The highest BCUT2D eigenvalue weighted by atomic mass is 35.5. The van der Waals surface area contributed by atoms with E-state index >= 15 is 0 Å². The molecule has 0 aliphatic carbocycles. The van der Waals surface area contributed by atoms with Crippen LogP contribution in [0, 0.1) is 0 Å². The van der Waals surface area contributed by atoms with Gasteiger partial charge in [-0.15, -0.1) is 5.10 Å². The van der Waals surface area contributed by atoms with Gasteiger partial charge >= 0.3 is 0 Å². The first kappa shape index (κ1) is 23.4. The predicted molar refractivity (Wildman–Crippen MR) is 130 cm³/mol. The van der Waals surface area contributed by atoms with Crippen LogP contribution in [0.5, 0.6) is 0 Å². The number of benzene rings is 2. The van der Waals surface area contributed by atoms with Crippen molar-refractivity contribution < 1.29 is 4.74 Å². The van der Waals surface area contributed by atoms with Gasteiger partial charge < -0.3 is 4.74 Å². The average Bonchev–Trinajstić information content (AvgIpc) is 3.29. The molecule has 0 spiro atoms. The molecule has 0 saturated carbocycles. The second kappa shape index (κ2) is 10.5. The van der Waals surface area contributed by atoms with Gasteiger partial charge in [0, 0.05) is 18.2 Å². The number of aromatic nitrogens is 6. The number of ether oxygens (including phenoxy) is 1. The van der Waals surface area contributed by atoms with Gasteiger partial charge in [-0.3, -0.25) is 9.36 Å². The SMILES string of the molecule is CC(C)OCCCn1c(SC(C)c2nnnn2-c2ccccc2)nc2cc(Cl)ccc2c1=O. The molecule has 2 aromatic carbocycles. The fourth-order valence-electron chi connectivity index (χ4n) is 3.41.